The molecule has 7 heteroatoms. The maximum Gasteiger partial charge on any atom is 0.411 e. The van der Waals surface area contributed by atoms with Crippen molar-refractivity contribution in [3.05, 3.63) is 30.1 Å². The van der Waals surface area contributed by atoms with Gasteiger partial charge in [-0.15, -0.1) is 0 Å². The zero-order chi connectivity index (χ0) is 15.0. The third-order valence-electron chi connectivity index (χ3n) is 2.60. The fraction of sp³-hybridized carbons (Fsp3) is 0.538. The van der Waals surface area contributed by atoms with Crippen molar-refractivity contribution in [1.29, 1.82) is 0 Å². The van der Waals surface area contributed by atoms with Crippen LogP contribution in [0.4, 0.5) is 23.2 Å². The number of rotatable bonds is 8. The maximum absolute atomic E-state index is 12.9. The van der Waals surface area contributed by atoms with Crippen molar-refractivity contribution in [1.82, 2.24) is 0 Å². The van der Waals surface area contributed by atoms with E-state index < -0.39 is 12.8 Å². The molecule has 0 radical (unpaired) electrons. The molecule has 0 aliphatic rings. The van der Waals surface area contributed by atoms with Crippen LogP contribution in [-0.4, -0.2) is 39.0 Å². The van der Waals surface area contributed by atoms with Crippen molar-refractivity contribution < 1.29 is 22.3 Å². The van der Waals surface area contributed by atoms with Crippen LogP contribution in [0.2, 0.25) is 0 Å². The topological polar surface area (TPSA) is 38.5 Å². The molecule has 114 valence electrons. The Morgan fingerprint density at radius 2 is 1.75 bits per heavy atom. The molecule has 0 saturated heterocycles. The summed E-state index contributed by atoms with van der Waals surface area (Å²) in [5.74, 6) is -0.360. The Bertz CT molecular complexity index is 381. The molecule has 0 spiro atoms. The standard InChI is InChI=1S/C13H18F4N2O/c14-11-2-4-12(5-3-11)19(7-1-6-18)8-9-20-10-13(15,16)17/h2-5H,1,6-10,18H2. The molecule has 0 aliphatic heterocycles. The lowest BCUT2D eigenvalue weighted by molar-refractivity contribution is -0.173. The summed E-state index contributed by atoms with van der Waals surface area (Å²) in [7, 11) is 0. The summed E-state index contributed by atoms with van der Waals surface area (Å²) in [5, 5.41) is 0. The van der Waals surface area contributed by atoms with E-state index in [0.29, 0.717) is 26.1 Å². The Kier molecular flexibility index (Phi) is 6.74. The van der Waals surface area contributed by atoms with Gasteiger partial charge in [-0.25, -0.2) is 4.39 Å². The molecule has 2 N–H and O–H groups in total. The van der Waals surface area contributed by atoms with Gasteiger partial charge < -0.3 is 15.4 Å². The van der Waals surface area contributed by atoms with E-state index in [1.807, 2.05) is 4.90 Å². The molecule has 20 heavy (non-hydrogen) atoms. The molecule has 0 amide bonds. The van der Waals surface area contributed by atoms with E-state index in [-0.39, 0.29) is 12.4 Å². The minimum absolute atomic E-state index is 0.0541. The van der Waals surface area contributed by atoms with Crippen LogP contribution < -0.4 is 10.6 Å². The van der Waals surface area contributed by atoms with Crippen molar-refractivity contribution in [2.45, 2.75) is 12.6 Å². The molecule has 1 aromatic carbocycles. The number of hydrogen-bond acceptors (Lipinski definition) is 3. The summed E-state index contributed by atoms with van der Waals surface area (Å²) < 4.78 is 53.3. The summed E-state index contributed by atoms with van der Waals surface area (Å²) in [4.78, 5) is 1.82. The fourth-order valence-corrected chi connectivity index (χ4v) is 1.67. The Morgan fingerprint density at radius 1 is 1.10 bits per heavy atom. The highest BCUT2D eigenvalue weighted by Crippen LogP contribution is 2.16. The summed E-state index contributed by atoms with van der Waals surface area (Å²) in [5.41, 5.74) is 6.16. The molecular formula is C13H18F4N2O. The predicted octanol–water partition coefficient (Wildman–Crippen LogP) is 2.56. The second-order valence-corrected chi connectivity index (χ2v) is 4.27. The average Bonchev–Trinajstić information content (AvgIpc) is 2.38. The van der Waals surface area contributed by atoms with Crippen LogP contribution in [0, 0.1) is 5.82 Å². The molecule has 0 heterocycles. The van der Waals surface area contributed by atoms with Crippen LogP contribution in [0.25, 0.3) is 0 Å². The van der Waals surface area contributed by atoms with Gasteiger partial charge in [0.15, 0.2) is 0 Å². The summed E-state index contributed by atoms with van der Waals surface area (Å²) in [6.07, 6.45) is -3.63. The number of halogens is 4. The summed E-state index contributed by atoms with van der Waals surface area (Å²) in [6.45, 7) is 0.0307. The largest absolute Gasteiger partial charge is 0.411 e. The highest BCUT2D eigenvalue weighted by molar-refractivity contribution is 5.46. The molecule has 0 aromatic heterocycles. The Labute approximate surface area is 115 Å². The summed E-state index contributed by atoms with van der Waals surface area (Å²) >= 11 is 0. The molecule has 0 bridgehead atoms. The van der Waals surface area contributed by atoms with Crippen LogP contribution in [0.15, 0.2) is 24.3 Å². The number of nitrogens with two attached hydrogens (primary N) is 1. The van der Waals surface area contributed by atoms with E-state index in [4.69, 9.17) is 5.73 Å². The van der Waals surface area contributed by atoms with Gasteiger partial charge in [-0.1, -0.05) is 0 Å². The van der Waals surface area contributed by atoms with Crippen molar-refractivity contribution in [2.24, 2.45) is 5.73 Å². The molecule has 0 aliphatic carbocycles. The van der Waals surface area contributed by atoms with Crippen molar-refractivity contribution in [3.8, 4) is 0 Å². The van der Waals surface area contributed by atoms with E-state index in [2.05, 4.69) is 4.74 Å². The van der Waals surface area contributed by atoms with Crippen molar-refractivity contribution in [3.63, 3.8) is 0 Å². The van der Waals surface area contributed by atoms with Gasteiger partial charge in [0, 0.05) is 18.8 Å². The van der Waals surface area contributed by atoms with Crippen molar-refractivity contribution in [2.75, 3.05) is 37.7 Å². The van der Waals surface area contributed by atoms with Gasteiger partial charge in [-0.2, -0.15) is 13.2 Å². The third kappa shape index (κ3) is 6.72. The highest BCUT2D eigenvalue weighted by atomic mass is 19.4. The zero-order valence-electron chi connectivity index (χ0n) is 11.0. The van der Waals surface area contributed by atoms with Crippen LogP contribution in [0.1, 0.15) is 6.42 Å². The fourth-order valence-electron chi connectivity index (χ4n) is 1.67. The number of hydrogen-bond donors (Lipinski definition) is 1. The Hall–Kier alpha value is -1.34. The quantitative estimate of drug-likeness (QED) is 0.591. The first-order chi connectivity index (χ1) is 9.42. The Morgan fingerprint density at radius 3 is 2.30 bits per heavy atom. The lowest BCUT2D eigenvalue weighted by Crippen LogP contribution is -2.31. The monoisotopic (exact) mass is 294 g/mol. The van der Waals surface area contributed by atoms with E-state index in [1.54, 1.807) is 12.1 Å². The van der Waals surface area contributed by atoms with Gasteiger partial charge in [0.25, 0.3) is 0 Å². The highest BCUT2D eigenvalue weighted by Gasteiger charge is 2.27. The maximum atomic E-state index is 12.9. The third-order valence-corrected chi connectivity index (χ3v) is 2.60. The molecule has 0 saturated carbocycles. The first-order valence-corrected chi connectivity index (χ1v) is 6.27. The first-order valence-electron chi connectivity index (χ1n) is 6.27. The van der Waals surface area contributed by atoms with E-state index >= 15 is 0 Å². The summed E-state index contributed by atoms with van der Waals surface area (Å²) in [6, 6.07) is 5.77. The van der Waals surface area contributed by atoms with Crippen LogP contribution in [0.5, 0.6) is 0 Å². The molecular weight excluding hydrogens is 276 g/mol. The van der Waals surface area contributed by atoms with Gasteiger partial charge in [-0.05, 0) is 37.2 Å². The molecule has 1 rings (SSSR count). The van der Waals surface area contributed by atoms with Crippen LogP contribution >= 0.6 is 0 Å². The predicted molar refractivity (Wildman–Crippen MR) is 69.2 cm³/mol. The molecule has 0 fully saturated rings. The second kappa shape index (κ2) is 8.06. The zero-order valence-corrected chi connectivity index (χ0v) is 11.0. The lowest BCUT2D eigenvalue weighted by atomic mass is 10.2. The van der Waals surface area contributed by atoms with E-state index in [0.717, 1.165) is 5.69 Å². The van der Waals surface area contributed by atoms with Gasteiger partial charge >= 0.3 is 6.18 Å². The first kappa shape index (κ1) is 16.7. The van der Waals surface area contributed by atoms with Gasteiger partial charge in [-0.3, -0.25) is 0 Å². The molecule has 1 aromatic rings. The number of nitrogens with zero attached hydrogens (tertiary/aromatic N) is 1. The Balaban J connectivity index is 2.49. The average molecular weight is 294 g/mol. The molecule has 0 atom stereocenters. The molecule has 0 unspecified atom stereocenters. The number of benzene rings is 1. The van der Waals surface area contributed by atoms with E-state index in [9.17, 15) is 17.6 Å². The van der Waals surface area contributed by atoms with Gasteiger partial charge in [0.05, 0.1) is 6.61 Å². The number of ether oxygens (including phenoxy) is 1. The second-order valence-electron chi connectivity index (χ2n) is 4.27. The normalized spacial score (nSPS) is 11.7. The number of alkyl halides is 3. The van der Waals surface area contributed by atoms with Crippen molar-refractivity contribution >= 4 is 5.69 Å². The SMILES string of the molecule is NCCCN(CCOCC(F)(F)F)c1ccc(F)cc1. The van der Waals surface area contributed by atoms with Gasteiger partial charge in [0.1, 0.15) is 12.4 Å². The van der Waals surface area contributed by atoms with Gasteiger partial charge in [0.2, 0.25) is 0 Å². The van der Waals surface area contributed by atoms with Crippen LogP contribution in [0.3, 0.4) is 0 Å². The lowest BCUT2D eigenvalue weighted by Gasteiger charge is -2.24. The minimum atomic E-state index is -4.32. The van der Waals surface area contributed by atoms with E-state index in [1.165, 1.54) is 12.1 Å². The number of anilines is 1. The molecule has 3 nitrogen and oxygen atoms in total. The smallest absolute Gasteiger partial charge is 0.370 e. The van der Waals surface area contributed by atoms with Crippen LogP contribution in [-0.2, 0) is 4.74 Å². The minimum Gasteiger partial charge on any atom is -0.370 e.